The first-order valence-corrected chi connectivity index (χ1v) is 5.30. The summed E-state index contributed by atoms with van der Waals surface area (Å²) in [5, 5.41) is 4.13. The molecule has 2 aromatic heterocycles. The van der Waals surface area contributed by atoms with E-state index in [0.717, 1.165) is 16.0 Å². The first-order chi connectivity index (χ1) is 7.11. The van der Waals surface area contributed by atoms with Gasteiger partial charge in [0.1, 0.15) is 11.9 Å². The Hall–Kier alpha value is -1.14. The molecule has 80 valence electrons. The standard InChI is InChI=1S/C9H12BrN5/c1-14-4-3-12-9(14)7(11)8-6(10)5-13-15(8)2/h3-5,7H,11H2,1-2H3. The van der Waals surface area contributed by atoms with Crippen LogP contribution in [-0.4, -0.2) is 19.3 Å². The van der Waals surface area contributed by atoms with E-state index < -0.39 is 0 Å². The summed E-state index contributed by atoms with van der Waals surface area (Å²) < 4.78 is 4.56. The van der Waals surface area contributed by atoms with E-state index >= 15 is 0 Å². The Bertz CT molecular complexity index is 453. The minimum Gasteiger partial charge on any atom is -0.336 e. The fourth-order valence-corrected chi connectivity index (χ4v) is 2.16. The maximum Gasteiger partial charge on any atom is 0.131 e. The molecule has 0 aromatic carbocycles. The van der Waals surface area contributed by atoms with Gasteiger partial charge in [0.15, 0.2) is 0 Å². The van der Waals surface area contributed by atoms with Crippen LogP contribution in [0.3, 0.4) is 0 Å². The quantitative estimate of drug-likeness (QED) is 0.884. The minimum absolute atomic E-state index is 0.271. The van der Waals surface area contributed by atoms with Crippen molar-refractivity contribution in [1.29, 1.82) is 0 Å². The third kappa shape index (κ3) is 1.70. The fraction of sp³-hybridized carbons (Fsp3) is 0.333. The van der Waals surface area contributed by atoms with Crippen LogP contribution in [-0.2, 0) is 14.1 Å². The van der Waals surface area contributed by atoms with E-state index in [1.54, 1.807) is 17.1 Å². The van der Waals surface area contributed by atoms with E-state index in [0.29, 0.717) is 0 Å². The Labute approximate surface area is 96.0 Å². The van der Waals surface area contributed by atoms with Crippen molar-refractivity contribution >= 4 is 15.9 Å². The highest BCUT2D eigenvalue weighted by atomic mass is 79.9. The fourth-order valence-electron chi connectivity index (χ4n) is 1.57. The van der Waals surface area contributed by atoms with Crippen LogP contribution in [0.4, 0.5) is 0 Å². The van der Waals surface area contributed by atoms with Crippen molar-refractivity contribution in [2.45, 2.75) is 6.04 Å². The molecule has 2 aromatic rings. The SMILES string of the molecule is Cn1ccnc1C(N)c1c(Br)cnn1C. The van der Waals surface area contributed by atoms with Crippen molar-refractivity contribution in [3.8, 4) is 0 Å². The lowest BCUT2D eigenvalue weighted by Crippen LogP contribution is -2.20. The minimum atomic E-state index is -0.271. The van der Waals surface area contributed by atoms with E-state index in [2.05, 4.69) is 26.0 Å². The average molecular weight is 270 g/mol. The van der Waals surface area contributed by atoms with Crippen LogP contribution < -0.4 is 5.73 Å². The average Bonchev–Trinajstić information content (AvgIpc) is 2.73. The molecular weight excluding hydrogens is 258 g/mol. The van der Waals surface area contributed by atoms with Crippen LogP contribution in [0.5, 0.6) is 0 Å². The smallest absolute Gasteiger partial charge is 0.131 e. The molecule has 0 saturated carbocycles. The highest BCUT2D eigenvalue weighted by Gasteiger charge is 2.19. The number of aromatic nitrogens is 4. The Kier molecular flexibility index (Phi) is 2.62. The van der Waals surface area contributed by atoms with Gasteiger partial charge in [-0.1, -0.05) is 0 Å². The second-order valence-electron chi connectivity index (χ2n) is 3.38. The zero-order valence-electron chi connectivity index (χ0n) is 8.55. The van der Waals surface area contributed by atoms with E-state index in [-0.39, 0.29) is 6.04 Å². The third-order valence-corrected chi connectivity index (χ3v) is 2.98. The van der Waals surface area contributed by atoms with Gasteiger partial charge in [-0.25, -0.2) is 4.98 Å². The number of aryl methyl sites for hydroxylation is 2. The molecule has 0 aliphatic carbocycles. The summed E-state index contributed by atoms with van der Waals surface area (Å²) in [4.78, 5) is 4.23. The Balaban J connectivity index is 2.45. The van der Waals surface area contributed by atoms with Crippen LogP contribution in [0.15, 0.2) is 23.1 Å². The number of nitrogens with two attached hydrogens (primary N) is 1. The maximum atomic E-state index is 6.13. The number of nitrogens with zero attached hydrogens (tertiary/aromatic N) is 4. The zero-order chi connectivity index (χ0) is 11.0. The summed E-state index contributed by atoms with van der Waals surface area (Å²) in [5.74, 6) is 0.819. The van der Waals surface area contributed by atoms with Crippen LogP contribution in [0.1, 0.15) is 17.6 Å². The molecule has 0 amide bonds. The van der Waals surface area contributed by atoms with Crippen molar-refractivity contribution < 1.29 is 0 Å². The predicted molar refractivity (Wildman–Crippen MR) is 60.1 cm³/mol. The molecule has 0 fully saturated rings. The largest absolute Gasteiger partial charge is 0.336 e. The highest BCUT2D eigenvalue weighted by molar-refractivity contribution is 9.10. The molecule has 0 aliphatic heterocycles. The van der Waals surface area contributed by atoms with Gasteiger partial charge < -0.3 is 10.3 Å². The topological polar surface area (TPSA) is 61.7 Å². The predicted octanol–water partition coefficient (Wildman–Crippen LogP) is 0.964. The number of imidazole rings is 1. The molecule has 1 unspecified atom stereocenters. The van der Waals surface area contributed by atoms with E-state index in [1.807, 2.05) is 24.9 Å². The zero-order valence-corrected chi connectivity index (χ0v) is 10.1. The lowest BCUT2D eigenvalue weighted by Gasteiger charge is -2.12. The van der Waals surface area contributed by atoms with Crippen molar-refractivity contribution in [3.63, 3.8) is 0 Å². The summed E-state index contributed by atoms with van der Waals surface area (Å²) in [6.07, 6.45) is 5.34. The molecule has 0 bridgehead atoms. The molecule has 2 rings (SSSR count). The van der Waals surface area contributed by atoms with Crippen molar-refractivity contribution in [1.82, 2.24) is 19.3 Å². The van der Waals surface area contributed by atoms with Crippen LogP contribution in [0, 0.1) is 0 Å². The van der Waals surface area contributed by atoms with Gasteiger partial charge in [-0.15, -0.1) is 0 Å². The molecule has 2 heterocycles. The maximum absolute atomic E-state index is 6.13. The lowest BCUT2D eigenvalue weighted by atomic mass is 10.2. The van der Waals surface area contributed by atoms with Crippen molar-refractivity contribution in [2.24, 2.45) is 19.8 Å². The van der Waals surface area contributed by atoms with E-state index in [9.17, 15) is 0 Å². The summed E-state index contributed by atoms with van der Waals surface area (Å²) >= 11 is 3.43. The molecule has 0 radical (unpaired) electrons. The Morgan fingerprint density at radius 2 is 2.20 bits per heavy atom. The molecular formula is C9H12BrN5. The van der Waals surface area contributed by atoms with Crippen molar-refractivity contribution in [3.05, 3.63) is 34.6 Å². The molecule has 0 saturated heterocycles. The van der Waals surface area contributed by atoms with Gasteiger partial charge >= 0.3 is 0 Å². The molecule has 6 heteroatoms. The summed E-state index contributed by atoms with van der Waals surface area (Å²) in [5.41, 5.74) is 7.05. The summed E-state index contributed by atoms with van der Waals surface area (Å²) in [7, 11) is 3.79. The highest BCUT2D eigenvalue weighted by Crippen LogP contribution is 2.24. The lowest BCUT2D eigenvalue weighted by molar-refractivity contribution is 0.630. The molecule has 1 atom stereocenters. The van der Waals surface area contributed by atoms with Crippen LogP contribution in [0.25, 0.3) is 0 Å². The first-order valence-electron chi connectivity index (χ1n) is 4.51. The van der Waals surface area contributed by atoms with E-state index in [4.69, 9.17) is 5.73 Å². The van der Waals surface area contributed by atoms with E-state index in [1.165, 1.54) is 0 Å². The van der Waals surface area contributed by atoms with Gasteiger partial charge in [0, 0.05) is 26.5 Å². The van der Waals surface area contributed by atoms with Gasteiger partial charge in [0.2, 0.25) is 0 Å². The van der Waals surface area contributed by atoms with Gasteiger partial charge in [-0.2, -0.15) is 5.10 Å². The molecule has 5 nitrogen and oxygen atoms in total. The van der Waals surface area contributed by atoms with Gasteiger partial charge in [0.25, 0.3) is 0 Å². The number of rotatable bonds is 2. The van der Waals surface area contributed by atoms with Gasteiger partial charge in [-0.3, -0.25) is 4.68 Å². The second-order valence-corrected chi connectivity index (χ2v) is 4.23. The molecule has 0 spiro atoms. The first kappa shape index (κ1) is 10.4. The Morgan fingerprint density at radius 1 is 1.47 bits per heavy atom. The van der Waals surface area contributed by atoms with Gasteiger partial charge in [-0.05, 0) is 15.9 Å². The van der Waals surface area contributed by atoms with Crippen molar-refractivity contribution in [2.75, 3.05) is 0 Å². The number of halogens is 1. The summed E-state index contributed by atoms with van der Waals surface area (Å²) in [6.45, 7) is 0. The third-order valence-electron chi connectivity index (χ3n) is 2.37. The second kappa shape index (κ2) is 3.79. The molecule has 15 heavy (non-hydrogen) atoms. The van der Waals surface area contributed by atoms with Crippen LogP contribution in [0.2, 0.25) is 0 Å². The summed E-state index contributed by atoms with van der Waals surface area (Å²) in [6, 6.07) is -0.271. The number of hydrogen-bond acceptors (Lipinski definition) is 3. The van der Waals surface area contributed by atoms with Gasteiger partial charge in [0.05, 0.1) is 16.4 Å². The normalized spacial score (nSPS) is 13.1. The Morgan fingerprint density at radius 3 is 2.67 bits per heavy atom. The monoisotopic (exact) mass is 269 g/mol. The van der Waals surface area contributed by atoms with Crippen LogP contribution >= 0.6 is 15.9 Å². The number of hydrogen-bond donors (Lipinski definition) is 1. The molecule has 0 aliphatic rings. The molecule has 2 N–H and O–H groups in total.